The normalized spacial score (nSPS) is 11.1. The molecule has 1 N–H and O–H groups in total. The second-order valence-corrected chi connectivity index (χ2v) is 6.86. The molecular weight excluding hydrogens is 384 g/mol. The van der Waals surface area contributed by atoms with Crippen molar-refractivity contribution in [2.45, 2.75) is 4.90 Å². The van der Waals surface area contributed by atoms with E-state index in [1.54, 1.807) is 22.9 Å². The quantitative estimate of drug-likeness (QED) is 0.536. The van der Waals surface area contributed by atoms with Crippen LogP contribution in [-0.2, 0) is 19.6 Å². The lowest BCUT2D eigenvalue weighted by molar-refractivity contribution is -0.141. The van der Waals surface area contributed by atoms with Crippen LogP contribution in [0.25, 0.3) is 0 Å². The summed E-state index contributed by atoms with van der Waals surface area (Å²) in [5.74, 6) is -3.99. The molecule has 0 radical (unpaired) electrons. The van der Waals surface area contributed by atoms with Crippen molar-refractivity contribution in [3.8, 4) is 5.75 Å². The fourth-order valence-electron chi connectivity index (χ4n) is 2.12. The van der Waals surface area contributed by atoms with E-state index in [4.69, 9.17) is 9.47 Å². The molecule has 7 nitrogen and oxygen atoms in total. The Labute approximate surface area is 154 Å². The monoisotopic (exact) mass is 399 g/mol. The van der Waals surface area contributed by atoms with E-state index >= 15 is 0 Å². The van der Waals surface area contributed by atoms with E-state index in [0.29, 0.717) is 0 Å². The van der Waals surface area contributed by atoms with Crippen LogP contribution < -0.4 is 9.46 Å². The number of ether oxygens (including phenoxy) is 2. The third-order valence-corrected chi connectivity index (χ3v) is 4.82. The van der Waals surface area contributed by atoms with E-state index < -0.39 is 51.5 Å². The van der Waals surface area contributed by atoms with Crippen molar-refractivity contribution in [3.05, 3.63) is 59.7 Å². The van der Waals surface area contributed by atoms with Crippen molar-refractivity contribution in [3.63, 3.8) is 0 Å². The summed E-state index contributed by atoms with van der Waals surface area (Å²) >= 11 is 0. The summed E-state index contributed by atoms with van der Waals surface area (Å²) in [7, 11) is -3.25. The van der Waals surface area contributed by atoms with Gasteiger partial charge in [0, 0.05) is 0 Å². The van der Waals surface area contributed by atoms with Crippen molar-refractivity contribution >= 4 is 21.8 Å². The smallest absolute Gasteiger partial charge is 0.321 e. The molecule has 2 aromatic rings. The highest BCUT2D eigenvalue weighted by Gasteiger charge is 2.24. The number of para-hydroxylation sites is 1. The van der Waals surface area contributed by atoms with E-state index in [9.17, 15) is 26.8 Å². The zero-order valence-corrected chi connectivity index (χ0v) is 14.9. The minimum absolute atomic E-state index is 0.182. The first-order chi connectivity index (χ1) is 12.8. The van der Waals surface area contributed by atoms with Crippen LogP contribution in [0.2, 0.25) is 0 Å². The summed E-state index contributed by atoms with van der Waals surface area (Å²) in [6.45, 7) is -1.57. The number of esters is 1. The van der Waals surface area contributed by atoms with Gasteiger partial charge in [-0.15, -0.1) is 0 Å². The van der Waals surface area contributed by atoms with Crippen molar-refractivity contribution < 1.29 is 36.3 Å². The second kappa shape index (κ2) is 8.69. The van der Waals surface area contributed by atoms with E-state index in [-0.39, 0.29) is 11.3 Å². The molecule has 0 aliphatic rings. The van der Waals surface area contributed by atoms with Crippen LogP contribution in [0.5, 0.6) is 5.75 Å². The average molecular weight is 399 g/mol. The number of nitrogens with one attached hydrogen (secondary N) is 1. The molecule has 2 aromatic carbocycles. The first-order valence-corrected chi connectivity index (χ1v) is 9.00. The summed E-state index contributed by atoms with van der Waals surface area (Å²) in [5, 5.41) is 0. The second-order valence-electron chi connectivity index (χ2n) is 5.16. The first kappa shape index (κ1) is 20.5. The number of benzene rings is 2. The fourth-order valence-corrected chi connectivity index (χ4v) is 3.22. The Morgan fingerprint density at radius 3 is 2.30 bits per heavy atom. The molecular formula is C17H15F2NO6S. The predicted octanol–water partition coefficient (Wildman–Crippen LogP) is 1.68. The summed E-state index contributed by atoms with van der Waals surface area (Å²) in [6.07, 6.45) is 0. The van der Waals surface area contributed by atoms with Gasteiger partial charge >= 0.3 is 5.97 Å². The number of hydrogen-bond acceptors (Lipinski definition) is 6. The Kier molecular flexibility index (Phi) is 6.59. The van der Waals surface area contributed by atoms with E-state index in [1.807, 2.05) is 0 Å². The van der Waals surface area contributed by atoms with Gasteiger partial charge in [-0.2, -0.15) is 4.72 Å². The van der Waals surface area contributed by atoms with Crippen molar-refractivity contribution in [1.82, 2.24) is 4.72 Å². The van der Waals surface area contributed by atoms with Gasteiger partial charge in [-0.3, -0.25) is 9.59 Å². The van der Waals surface area contributed by atoms with Crippen molar-refractivity contribution in [2.24, 2.45) is 0 Å². The standard InChI is InChI=1S/C17H15F2NO6S/c1-25-15-8-3-2-5-11(15)14(21)10-26-16(22)9-20-27(23,24)17-12(18)6-4-7-13(17)19/h2-8,20H,9-10H2,1H3. The summed E-state index contributed by atoms with van der Waals surface area (Å²) in [6, 6.07) is 8.79. The van der Waals surface area contributed by atoms with Crippen LogP contribution in [0.15, 0.2) is 47.4 Å². The fraction of sp³-hybridized carbons (Fsp3) is 0.176. The SMILES string of the molecule is COc1ccccc1C(=O)COC(=O)CNS(=O)(=O)c1c(F)cccc1F. The molecule has 2 rings (SSSR count). The predicted molar refractivity (Wildman–Crippen MR) is 89.8 cm³/mol. The maximum absolute atomic E-state index is 13.6. The maximum Gasteiger partial charge on any atom is 0.321 e. The first-order valence-electron chi connectivity index (χ1n) is 7.51. The van der Waals surface area contributed by atoms with Crippen LogP contribution in [0.1, 0.15) is 10.4 Å². The highest BCUT2D eigenvalue weighted by Crippen LogP contribution is 2.19. The molecule has 27 heavy (non-hydrogen) atoms. The number of rotatable bonds is 8. The van der Waals surface area contributed by atoms with Crippen LogP contribution in [0.4, 0.5) is 8.78 Å². The molecule has 10 heteroatoms. The maximum atomic E-state index is 13.6. The Morgan fingerprint density at radius 2 is 1.67 bits per heavy atom. The highest BCUT2D eigenvalue weighted by molar-refractivity contribution is 7.89. The third-order valence-electron chi connectivity index (χ3n) is 3.37. The summed E-state index contributed by atoms with van der Waals surface area (Å²) < 4.78 is 62.4. The number of methoxy groups -OCH3 is 1. The average Bonchev–Trinajstić information content (AvgIpc) is 2.64. The molecule has 0 aromatic heterocycles. The van der Waals surface area contributed by atoms with Gasteiger partial charge in [-0.1, -0.05) is 18.2 Å². The van der Waals surface area contributed by atoms with Gasteiger partial charge < -0.3 is 9.47 Å². The molecule has 0 saturated carbocycles. The number of halogens is 2. The molecule has 0 fully saturated rings. The number of carbonyl (C=O) groups excluding carboxylic acids is 2. The van der Waals surface area contributed by atoms with Gasteiger partial charge in [-0.25, -0.2) is 17.2 Å². The minimum atomic E-state index is -4.62. The van der Waals surface area contributed by atoms with E-state index in [2.05, 4.69) is 0 Å². The number of Topliss-reactive ketones (excluding diaryl/α,β-unsaturated/α-hetero) is 1. The van der Waals surface area contributed by atoms with Crippen LogP contribution in [0, 0.1) is 11.6 Å². The molecule has 0 saturated heterocycles. The molecule has 0 atom stereocenters. The van der Waals surface area contributed by atoms with Gasteiger partial charge in [0.2, 0.25) is 15.8 Å². The molecule has 0 aliphatic carbocycles. The summed E-state index contributed by atoms with van der Waals surface area (Å²) in [4.78, 5) is 22.5. The molecule has 0 amide bonds. The Morgan fingerprint density at radius 1 is 1.04 bits per heavy atom. The third kappa shape index (κ3) is 5.08. The lowest BCUT2D eigenvalue weighted by Gasteiger charge is -2.09. The molecule has 0 unspecified atom stereocenters. The zero-order valence-electron chi connectivity index (χ0n) is 14.1. The largest absolute Gasteiger partial charge is 0.496 e. The van der Waals surface area contributed by atoms with E-state index in [0.717, 1.165) is 18.2 Å². The van der Waals surface area contributed by atoms with Gasteiger partial charge in [0.05, 0.1) is 12.7 Å². The topological polar surface area (TPSA) is 98.8 Å². The molecule has 144 valence electrons. The van der Waals surface area contributed by atoms with Gasteiger partial charge in [0.1, 0.15) is 23.9 Å². The highest BCUT2D eigenvalue weighted by atomic mass is 32.2. The molecule has 0 aliphatic heterocycles. The number of hydrogen-bond donors (Lipinski definition) is 1. The molecule has 0 spiro atoms. The number of sulfonamides is 1. The van der Waals surface area contributed by atoms with Crippen molar-refractivity contribution in [2.75, 3.05) is 20.3 Å². The summed E-state index contributed by atoms with van der Waals surface area (Å²) in [5.41, 5.74) is 0.182. The Balaban J connectivity index is 1.95. The van der Waals surface area contributed by atoms with Crippen LogP contribution >= 0.6 is 0 Å². The van der Waals surface area contributed by atoms with Gasteiger partial charge in [0.15, 0.2) is 11.5 Å². The zero-order chi connectivity index (χ0) is 20.0. The molecule has 0 bridgehead atoms. The lowest BCUT2D eigenvalue weighted by atomic mass is 10.1. The lowest BCUT2D eigenvalue weighted by Crippen LogP contribution is -2.32. The molecule has 0 heterocycles. The number of carbonyl (C=O) groups is 2. The van der Waals surface area contributed by atoms with E-state index in [1.165, 1.54) is 13.2 Å². The van der Waals surface area contributed by atoms with Gasteiger partial charge in [0.25, 0.3) is 0 Å². The van der Waals surface area contributed by atoms with Crippen LogP contribution in [-0.4, -0.2) is 40.4 Å². The van der Waals surface area contributed by atoms with Crippen molar-refractivity contribution in [1.29, 1.82) is 0 Å². The van der Waals surface area contributed by atoms with Gasteiger partial charge in [-0.05, 0) is 24.3 Å². The minimum Gasteiger partial charge on any atom is -0.496 e. The Hall–Kier alpha value is -2.85. The Bertz CT molecular complexity index is 941. The number of ketones is 1. The van der Waals surface area contributed by atoms with Crippen LogP contribution in [0.3, 0.4) is 0 Å².